The van der Waals surface area contributed by atoms with Gasteiger partial charge < -0.3 is 15.0 Å². The maximum atomic E-state index is 12.2. The average molecular weight is 226 g/mol. The van der Waals surface area contributed by atoms with Gasteiger partial charge in [0.1, 0.15) is 0 Å². The van der Waals surface area contributed by atoms with Gasteiger partial charge in [0.05, 0.1) is 18.2 Å². The number of amides is 1. The molecule has 0 aromatic carbocycles. The van der Waals surface area contributed by atoms with Crippen molar-refractivity contribution in [2.45, 2.75) is 44.7 Å². The van der Waals surface area contributed by atoms with Gasteiger partial charge in [-0.1, -0.05) is 6.92 Å². The maximum Gasteiger partial charge on any atom is 0.240 e. The van der Waals surface area contributed by atoms with Crippen LogP contribution in [0.25, 0.3) is 0 Å². The zero-order chi connectivity index (χ0) is 11.6. The molecule has 0 radical (unpaired) electrons. The zero-order valence-electron chi connectivity index (χ0n) is 10.3. The topological polar surface area (TPSA) is 41.6 Å². The molecule has 2 unspecified atom stereocenters. The maximum absolute atomic E-state index is 12.2. The smallest absolute Gasteiger partial charge is 0.240 e. The molecule has 1 N–H and O–H groups in total. The predicted molar refractivity (Wildman–Crippen MR) is 62.3 cm³/mol. The van der Waals surface area contributed by atoms with Gasteiger partial charge in [-0.2, -0.15) is 0 Å². The van der Waals surface area contributed by atoms with Crippen molar-refractivity contribution in [3.63, 3.8) is 0 Å². The number of carbonyl (C=O) groups excluding carboxylic acids is 1. The first-order valence-electron chi connectivity index (χ1n) is 6.30. The summed E-state index contributed by atoms with van der Waals surface area (Å²) >= 11 is 0. The Hall–Kier alpha value is -0.610. The van der Waals surface area contributed by atoms with Gasteiger partial charge in [0.25, 0.3) is 0 Å². The number of rotatable bonds is 4. The van der Waals surface area contributed by atoms with E-state index in [1.807, 2.05) is 4.90 Å². The molecule has 1 amide bonds. The highest BCUT2D eigenvalue weighted by Gasteiger charge is 2.44. The number of nitrogens with one attached hydrogen (secondary N) is 1. The molecule has 2 aliphatic rings. The van der Waals surface area contributed by atoms with Gasteiger partial charge in [-0.25, -0.2) is 0 Å². The van der Waals surface area contributed by atoms with E-state index in [4.69, 9.17) is 4.74 Å². The first-order chi connectivity index (χ1) is 7.67. The van der Waals surface area contributed by atoms with Crippen LogP contribution in [0.3, 0.4) is 0 Å². The highest BCUT2D eigenvalue weighted by molar-refractivity contribution is 5.84. The van der Waals surface area contributed by atoms with Crippen molar-refractivity contribution in [2.24, 2.45) is 0 Å². The lowest BCUT2D eigenvalue weighted by Crippen LogP contribution is -2.50. The van der Waals surface area contributed by atoms with Crippen LogP contribution < -0.4 is 5.32 Å². The molecule has 0 aliphatic carbocycles. The Morgan fingerprint density at radius 3 is 3.06 bits per heavy atom. The van der Waals surface area contributed by atoms with Crippen molar-refractivity contribution in [1.29, 1.82) is 0 Å². The molecule has 0 aromatic heterocycles. The van der Waals surface area contributed by atoms with Crippen LogP contribution in [0.2, 0.25) is 0 Å². The highest BCUT2D eigenvalue weighted by Crippen LogP contribution is 2.29. The third-order valence-corrected chi connectivity index (χ3v) is 3.70. The van der Waals surface area contributed by atoms with Crippen molar-refractivity contribution in [3.8, 4) is 0 Å². The lowest BCUT2D eigenvalue weighted by molar-refractivity contribution is -0.134. The fourth-order valence-electron chi connectivity index (χ4n) is 2.59. The number of likely N-dealkylation sites (tertiary alicyclic amines) is 1. The van der Waals surface area contributed by atoms with Crippen LogP contribution in [0.4, 0.5) is 0 Å². The largest absolute Gasteiger partial charge is 0.379 e. The number of carbonyl (C=O) groups is 1. The molecular weight excluding hydrogens is 204 g/mol. The van der Waals surface area contributed by atoms with Crippen molar-refractivity contribution >= 4 is 5.91 Å². The van der Waals surface area contributed by atoms with Crippen LogP contribution in [0.5, 0.6) is 0 Å². The van der Waals surface area contributed by atoms with Crippen LogP contribution in [-0.2, 0) is 9.53 Å². The van der Waals surface area contributed by atoms with Crippen molar-refractivity contribution < 1.29 is 9.53 Å². The normalized spacial score (nSPS) is 35.0. The fraction of sp³-hybridized carbons (Fsp3) is 0.917. The zero-order valence-corrected chi connectivity index (χ0v) is 10.3. The first-order valence-corrected chi connectivity index (χ1v) is 6.30. The summed E-state index contributed by atoms with van der Waals surface area (Å²) in [5.41, 5.74) is -0.0558. The van der Waals surface area contributed by atoms with E-state index in [1.165, 1.54) is 0 Å². The minimum absolute atomic E-state index is 0.0392. The number of hydrogen-bond acceptors (Lipinski definition) is 3. The third-order valence-electron chi connectivity index (χ3n) is 3.70. The van der Waals surface area contributed by atoms with Gasteiger partial charge in [-0.15, -0.1) is 0 Å². The third kappa shape index (κ3) is 2.09. The summed E-state index contributed by atoms with van der Waals surface area (Å²) < 4.78 is 5.42. The molecule has 0 saturated carbocycles. The van der Waals surface area contributed by atoms with Crippen LogP contribution in [-0.4, -0.2) is 48.7 Å². The summed E-state index contributed by atoms with van der Waals surface area (Å²) in [5.74, 6) is 0.265. The minimum Gasteiger partial charge on any atom is -0.379 e. The second-order valence-electron chi connectivity index (χ2n) is 5.08. The lowest BCUT2D eigenvalue weighted by Gasteiger charge is -2.34. The van der Waals surface area contributed by atoms with Crippen molar-refractivity contribution in [2.75, 3.05) is 26.3 Å². The Kier molecular flexibility index (Phi) is 3.50. The molecular formula is C12H22N2O2. The van der Waals surface area contributed by atoms with Crippen molar-refractivity contribution in [3.05, 3.63) is 0 Å². The molecule has 4 heteroatoms. The molecule has 2 atom stereocenters. The quantitative estimate of drug-likeness (QED) is 0.769. The molecule has 16 heavy (non-hydrogen) atoms. The SMILES string of the molecule is CCCNC1CCN(C2(C)CCOC2)C1=O. The van der Waals surface area contributed by atoms with E-state index in [2.05, 4.69) is 19.2 Å². The van der Waals surface area contributed by atoms with Crippen LogP contribution in [0.1, 0.15) is 33.1 Å². The standard InChI is InChI=1S/C12H22N2O2/c1-3-6-13-10-4-7-14(11(10)15)12(2)5-8-16-9-12/h10,13H,3-9H2,1-2H3. The van der Waals surface area contributed by atoms with E-state index in [0.717, 1.165) is 39.0 Å². The number of ether oxygens (including phenoxy) is 1. The van der Waals surface area contributed by atoms with E-state index in [9.17, 15) is 4.79 Å². The summed E-state index contributed by atoms with van der Waals surface area (Å²) in [4.78, 5) is 14.2. The number of nitrogens with zero attached hydrogens (tertiary/aromatic N) is 1. The number of hydrogen-bond donors (Lipinski definition) is 1. The lowest BCUT2D eigenvalue weighted by atomic mass is 10.00. The van der Waals surface area contributed by atoms with E-state index >= 15 is 0 Å². The van der Waals surface area contributed by atoms with Gasteiger partial charge in [-0.05, 0) is 32.7 Å². The predicted octanol–water partition coefficient (Wildman–Crippen LogP) is 0.766. The Bertz CT molecular complexity index is 262. The Morgan fingerprint density at radius 2 is 2.44 bits per heavy atom. The van der Waals surface area contributed by atoms with E-state index < -0.39 is 0 Å². The van der Waals surface area contributed by atoms with E-state index in [-0.39, 0.29) is 17.5 Å². The molecule has 2 saturated heterocycles. The van der Waals surface area contributed by atoms with Gasteiger partial charge in [0.2, 0.25) is 5.91 Å². The van der Waals surface area contributed by atoms with E-state index in [0.29, 0.717) is 6.61 Å². The summed E-state index contributed by atoms with van der Waals surface area (Å²) in [6, 6.07) is 0.0392. The summed E-state index contributed by atoms with van der Waals surface area (Å²) in [7, 11) is 0. The van der Waals surface area contributed by atoms with Gasteiger partial charge in [0.15, 0.2) is 0 Å². The molecule has 0 aromatic rings. The van der Waals surface area contributed by atoms with Crippen LogP contribution in [0, 0.1) is 0 Å². The molecule has 2 heterocycles. The second-order valence-corrected chi connectivity index (χ2v) is 5.08. The molecule has 2 rings (SSSR count). The summed E-state index contributed by atoms with van der Waals surface area (Å²) in [6.45, 7) is 7.54. The Labute approximate surface area is 97.3 Å². The van der Waals surface area contributed by atoms with Crippen molar-refractivity contribution in [1.82, 2.24) is 10.2 Å². The summed E-state index contributed by atoms with van der Waals surface area (Å²) in [6.07, 6.45) is 2.98. The van der Waals surface area contributed by atoms with Crippen LogP contribution in [0.15, 0.2) is 0 Å². The Balaban J connectivity index is 1.96. The molecule has 2 aliphatic heterocycles. The Morgan fingerprint density at radius 1 is 1.62 bits per heavy atom. The molecule has 92 valence electrons. The van der Waals surface area contributed by atoms with Gasteiger partial charge >= 0.3 is 0 Å². The molecule has 0 bridgehead atoms. The van der Waals surface area contributed by atoms with E-state index in [1.54, 1.807) is 0 Å². The average Bonchev–Trinajstić information content (AvgIpc) is 2.84. The van der Waals surface area contributed by atoms with Gasteiger partial charge in [-0.3, -0.25) is 4.79 Å². The fourth-order valence-corrected chi connectivity index (χ4v) is 2.59. The molecule has 0 spiro atoms. The van der Waals surface area contributed by atoms with Gasteiger partial charge in [0, 0.05) is 13.2 Å². The monoisotopic (exact) mass is 226 g/mol. The molecule has 4 nitrogen and oxygen atoms in total. The molecule has 2 fully saturated rings. The summed E-state index contributed by atoms with van der Waals surface area (Å²) in [5, 5.41) is 3.32. The van der Waals surface area contributed by atoms with Crippen LogP contribution >= 0.6 is 0 Å². The second kappa shape index (κ2) is 4.72. The highest BCUT2D eigenvalue weighted by atomic mass is 16.5. The minimum atomic E-state index is -0.0558. The first kappa shape index (κ1) is 11.9.